The highest BCUT2D eigenvalue weighted by atomic mass is 35.5. The Hall–Kier alpha value is -4.67. The van der Waals surface area contributed by atoms with Crippen molar-refractivity contribution in [2.45, 2.75) is 19.3 Å². The van der Waals surface area contributed by atoms with Crippen LogP contribution in [0.1, 0.15) is 39.4 Å². The number of benzene rings is 2. The number of H-pyrrole nitrogens is 1. The number of aryl methyl sites for hydroxylation is 3. The number of hydrogen-bond acceptors (Lipinski definition) is 4. The van der Waals surface area contributed by atoms with Crippen molar-refractivity contribution in [2.24, 2.45) is 14.1 Å². The molecule has 0 aliphatic heterocycles. The summed E-state index contributed by atoms with van der Waals surface area (Å²) in [5.74, 6) is 0.369. The molecule has 0 unspecified atom stereocenters. The molecule has 0 aliphatic rings. The number of amides is 3. The van der Waals surface area contributed by atoms with Gasteiger partial charge < -0.3 is 35.0 Å². The van der Waals surface area contributed by atoms with Crippen LogP contribution in [0.5, 0.6) is 0 Å². The van der Waals surface area contributed by atoms with Crippen LogP contribution in [0, 0.1) is 0 Å². The van der Waals surface area contributed by atoms with Gasteiger partial charge in [-0.05, 0) is 60.9 Å². The van der Waals surface area contributed by atoms with Gasteiger partial charge in [-0.1, -0.05) is 18.2 Å². The zero-order valence-corrected chi connectivity index (χ0v) is 27.3. The molecule has 10 nitrogen and oxygen atoms in total. The molecule has 3 aromatic heterocycles. The van der Waals surface area contributed by atoms with Gasteiger partial charge in [0, 0.05) is 86.2 Å². The van der Waals surface area contributed by atoms with Gasteiger partial charge in [0.15, 0.2) is 0 Å². The number of hydrogen-bond donors (Lipinski definition) is 4. The molecule has 0 bridgehead atoms. The highest BCUT2D eigenvalue weighted by Crippen LogP contribution is 2.23. The third-order valence-corrected chi connectivity index (χ3v) is 7.95. The van der Waals surface area contributed by atoms with Crippen molar-refractivity contribution in [1.82, 2.24) is 14.1 Å². The fourth-order valence-electron chi connectivity index (χ4n) is 5.28. The summed E-state index contributed by atoms with van der Waals surface area (Å²) in [5.41, 5.74) is 5.57. The van der Waals surface area contributed by atoms with Gasteiger partial charge >= 0.3 is 0 Å². The van der Waals surface area contributed by atoms with Gasteiger partial charge in [-0.3, -0.25) is 14.4 Å². The highest BCUT2D eigenvalue weighted by Gasteiger charge is 2.16. The number of nitrogens with one attached hydrogen (secondary N) is 4. The molecule has 0 saturated heterocycles. The van der Waals surface area contributed by atoms with Crippen molar-refractivity contribution in [1.29, 1.82) is 0 Å². The lowest BCUT2D eigenvalue weighted by atomic mass is 10.1. The fraction of sp³-hybridized carbons (Fsp3) is 0.265. The first-order valence-corrected chi connectivity index (χ1v) is 16.1. The van der Waals surface area contributed by atoms with Crippen LogP contribution in [-0.4, -0.2) is 56.7 Å². The van der Waals surface area contributed by atoms with E-state index in [1.54, 1.807) is 42.1 Å². The largest absolute Gasteiger partial charge is 0.369 e. The number of anilines is 4. The number of carbonyl (C=O) groups excluding carboxylic acids is 3. The lowest BCUT2D eigenvalue weighted by Crippen LogP contribution is -2.27. The van der Waals surface area contributed by atoms with Crippen LogP contribution in [0.15, 0.2) is 79.3 Å². The smallest absolute Gasteiger partial charge is 0.272 e. The van der Waals surface area contributed by atoms with Crippen molar-refractivity contribution < 1.29 is 14.4 Å². The Kier molecular flexibility index (Phi) is 10.7. The third kappa shape index (κ3) is 8.32. The van der Waals surface area contributed by atoms with E-state index in [0.717, 1.165) is 36.1 Å². The van der Waals surface area contributed by atoms with Crippen LogP contribution in [0.25, 0.3) is 10.9 Å². The Morgan fingerprint density at radius 3 is 2.24 bits per heavy atom. The number of aromatic nitrogens is 3. The first-order chi connectivity index (χ1) is 22.2. The molecule has 240 valence electrons. The van der Waals surface area contributed by atoms with Crippen LogP contribution in [-0.2, 0) is 25.3 Å². The number of alkyl halides is 2. The van der Waals surface area contributed by atoms with Crippen LogP contribution in [0.3, 0.4) is 0 Å². The maximum atomic E-state index is 13.1. The normalized spacial score (nSPS) is 11.0. The van der Waals surface area contributed by atoms with Crippen molar-refractivity contribution in [3.8, 4) is 0 Å². The van der Waals surface area contributed by atoms with Crippen LogP contribution < -0.4 is 20.9 Å². The second kappa shape index (κ2) is 15.1. The second-order valence-electron chi connectivity index (χ2n) is 11.1. The van der Waals surface area contributed by atoms with Crippen molar-refractivity contribution in [3.05, 3.63) is 96.2 Å². The van der Waals surface area contributed by atoms with E-state index in [4.69, 9.17) is 23.2 Å². The maximum Gasteiger partial charge on any atom is 0.272 e. The molecular weight excluding hydrogens is 625 g/mol. The molecule has 4 N–H and O–H groups in total. The van der Waals surface area contributed by atoms with Crippen LogP contribution in [0.4, 0.5) is 22.7 Å². The predicted molar refractivity (Wildman–Crippen MR) is 187 cm³/mol. The van der Waals surface area contributed by atoms with Gasteiger partial charge in [0.05, 0.1) is 11.4 Å². The van der Waals surface area contributed by atoms with Gasteiger partial charge in [0.2, 0.25) is 5.91 Å². The Morgan fingerprint density at radius 2 is 1.54 bits per heavy atom. The molecule has 46 heavy (non-hydrogen) atoms. The quantitative estimate of drug-likeness (QED) is 0.100. The third-order valence-electron chi connectivity index (χ3n) is 7.62. The molecule has 5 aromatic rings. The molecule has 0 aliphatic carbocycles. The van der Waals surface area contributed by atoms with E-state index in [9.17, 15) is 14.4 Å². The molecule has 3 heterocycles. The number of carbonyl (C=O) groups is 3. The summed E-state index contributed by atoms with van der Waals surface area (Å²) in [7, 11) is 3.63. The fourth-order valence-corrected chi connectivity index (χ4v) is 5.69. The predicted octanol–water partition coefficient (Wildman–Crippen LogP) is 6.59. The minimum absolute atomic E-state index is 0.117. The number of aromatic amines is 1. The standard InChI is InChI=1S/C34H37Cl2N7O3/c1-41-15-12-26(21-41)39-33(45)30-18-24-8-9-25(19-29(24)40-30)38-34(46)31-20-27(22-42(31)2)37-32(44)5-3-4-23-6-10-28(11-7-23)43(16-13-35)17-14-36/h6-12,15,18-22,40H,3-5,13-14,16-17H2,1-2H3,(H,37,44)(H,38,46)(H,39,45). The minimum Gasteiger partial charge on any atom is -0.369 e. The molecule has 0 atom stereocenters. The Bertz CT molecular complexity index is 1820. The van der Waals surface area contributed by atoms with Gasteiger partial charge in [0.1, 0.15) is 11.4 Å². The highest BCUT2D eigenvalue weighted by molar-refractivity contribution is 6.18. The van der Waals surface area contributed by atoms with E-state index < -0.39 is 0 Å². The first kappa shape index (κ1) is 32.7. The monoisotopic (exact) mass is 661 g/mol. The maximum absolute atomic E-state index is 13.1. The summed E-state index contributed by atoms with van der Waals surface area (Å²) in [5, 5.41) is 9.51. The number of nitrogens with zero attached hydrogens (tertiary/aromatic N) is 3. The summed E-state index contributed by atoms with van der Waals surface area (Å²) < 4.78 is 3.52. The molecule has 12 heteroatoms. The zero-order valence-electron chi connectivity index (χ0n) is 25.8. The lowest BCUT2D eigenvalue weighted by Gasteiger charge is -2.23. The Balaban J connectivity index is 1.12. The molecule has 0 spiro atoms. The van der Waals surface area contributed by atoms with E-state index in [0.29, 0.717) is 58.6 Å². The summed E-state index contributed by atoms with van der Waals surface area (Å²) in [4.78, 5) is 43.7. The molecule has 3 amide bonds. The average Bonchev–Trinajstić information content (AvgIpc) is 3.75. The van der Waals surface area contributed by atoms with Crippen LogP contribution >= 0.6 is 23.2 Å². The molecule has 2 aromatic carbocycles. The number of halogens is 2. The van der Waals surface area contributed by atoms with Gasteiger partial charge in [-0.2, -0.15) is 0 Å². The van der Waals surface area contributed by atoms with E-state index >= 15 is 0 Å². The van der Waals surface area contributed by atoms with Crippen LogP contribution in [0.2, 0.25) is 0 Å². The number of rotatable bonds is 14. The van der Waals surface area contributed by atoms with Gasteiger partial charge in [0.25, 0.3) is 11.8 Å². The molecule has 0 radical (unpaired) electrons. The Labute approximate surface area is 277 Å². The van der Waals surface area contributed by atoms with Gasteiger partial charge in [-0.25, -0.2) is 0 Å². The topological polar surface area (TPSA) is 116 Å². The molecule has 0 fully saturated rings. The lowest BCUT2D eigenvalue weighted by molar-refractivity contribution is -0.116. The molecule has 0 saturated carbocycles. The zero-order chi connectivity index (χ0) is 32.6. The van der Waals surface area contributed by atoms with Gasteiger partial charge in [-0.15, -0.1) is 23.2 Å². The Morgan fingerprint density at radius 1 is 0.804 bits per heavy atom. The van der Waals surface area contributed by atoms with Crippen molar-refractivity contribution in [3.63, 3.8) is 0 Å². The second-order valence-corrected chi connectivity index (χ2v) is 11.9. The average molecular weight is 663 g/mol. The van der Waals surface area contributed by atoms with E-state index in [2.05, 4.69) is 50.1 Å². The summed E-state index contributed by atoms with van der Waals surface area (Å²) in [6.07, 6.45) is 7.19. The van der Waals surface area contributed by atoms with E-state index in [1.807, 2.05) is 36.1 Å². The first-order valence-electron chi connectivity index (χ1n) is 15.0. The van der Waals surface area contributed by atoms with E-state index in [-0.39, 0.29) is 17.7 Å². The molecular formula is C34H37Cl2N7O3. The van der Waals surface area contributed by atoms with Crippen molar-refractivity contribution >= 4 is 74.6 Å². The number of fused-ring (bicyclic) bond motifs is 1. The van der Waals surface area contributed by atoms with E-state index in [1.165, 1.54) is 0 Å². The SMILES string of the molecule is Cn1ccc(NC(=O)c2cc3ccc(NC(=O)c4cc(NC(=O)CCCc5ccc(N(CCCl)CCCl)cc5)cn4C)cc3[nH]2)c1. The summed E-state index contributed by atoms with van der Waals surface area (Å²) >= 11 is 11.8. The summed E-state index contributed by atoms with van der Waals surface area (Å²) in [6, 6.07) is 18.9. The summed E-state index contributed by atoms with van der Waals surface area (Å²) in [6.45, 7) is 1.47. The van der Waals surface area contributed by atoms with Crippen molar-refractivity contribution in [2.75, 3.05) is 45.7 Å². The minimum atomic E-state index is -0.324. The molecule has 5 rings (SSSR count).